The topological polar surface area (TPSA) is 49.8 Å². The van der Waals surface area contributed by atoms with Crippen molar-refractivity contribution >= 4 is 5.82 Å². The normalized spacial score (nSPS) is 20.3. The molecule has 0 bridgehead atoms. The molecule has 0 saturated heterocycles. The highest BCUT2D eigenvalue weighted by atomic mass is 15.1. The van der Waals surface area contributed by atoms with Gasteiger partial charge in [0.15, 0.2) is 0 Å². The molecule has 2 aliphatic rings. The van der Waals surface area contributed by atoms with Gasteiger partial charge in [-0.2, -0.15) is 0 Å². The summed E-state index contributed by atoms with van der Waals surface area (Å²) in [5, 5.41) is 6.78. The molecule has 0 radical (unpaired) electrons. The molecule has 1 aliphatic carbocycles. The average Bonchev–Trinajstić information content (AvgIpc) is 3.03. The van der Waals surface area contributed by atoms with Crippen LogP contribution in [-0.4, -0.2) is 22.6 Å². The molecule has 74 valence electrons. The molecule has 1 saturated carbocycles. The van der Waals surface area contributed by atoms with E-state index in [9.17, 15) is 0 Å². The highest BCUT2D eigenvalue weighted by Crippen LogP contribution is 2.27. The number of nitrogens with zero attached hydrogens (tertiary/aromatic N) is 2. The molecule has 0 amide bonds. The second-order valence-corrected chi connectivity index (χ2v) is 3.99. The first-order valence-corrected chi connectivity index (χ1v) is 5.23. The van der Waals surface area contributed by atoms with Crippen LogP contribution in [0.25, 0.3) is 0 Å². The van der Waals surface area contributed by atoms with Gasteiger partial charge in [0.25, 0.3) is 0 Å². The number of anilines is 1. The maximum Gasteiger partial charge on any atom is 0.133 e. The van der Waals surface area contributed by atoms with Crippen molar-refractivity contribution in [1.82, 2.24) is 15.3 Å². The van der Waals surface area contributed by atoms with Gasteiger partial charge in [0.1, 0.15) is 12.1 Å². The predicted octanol–water partition coefficient (Wildman–Crippen LogP) is 0.697. The van der Waals surface area contributed by atoms with Crippen LogP contribution in [0.15, 0.2) is 6.33 Å². The Morgan fingerprint density at radius 2 is 2.29 bits per heavy atom. The van der Waals surface area contributed by atoms with Crippen molar-refractivity contribution in [2.75, 3.05) is 11.9 Å². The van der Waals surface area contributed by atoms with Crippen molar-refractivity contribution in [3.63, 3.8) is 0 Å². The molecule has 2 N–H and O–H groups in total. The van der Waals surface area contributed by atoms with Gasteiger partial charge in [0, 0.05) is 18.2 Å². The number of hydrogen-bond donors (Lipinski definition) is 2. The first kappa shape index (κ1) is 8.17. The molecule has 1 fully saturated rings. The van der Waals surface area contributed by atoms with E-state index in [4.69, 9.17) is 0 Å². The third kappa shape index (κ3) is 1.46. The van der Waals surface area contributed by atoms with Gasteiger partial charge in [-0.3, -0.25) is 0 Å². The highest BCUT2D eigenvalue weighted by molar-refractivity contribution is 5.48. The van der Waals surface area contributed by atoms with E-state index in [-0.39, 0.29) is 0 Å². The lowest BCUT2D eigenvalue weighted by molar-refractivity contribution is 0.624. The molecule has 3 rings (SSSR count). The Hall–Kier alpha value is -1.16. The molecule has 0 aromatic carbocycles. The summed E-state index contributed by atoms with van der Waals surface area (Å²) in [7, 11) is 0. The standard InChI is InChI=1S/C10H14N4/c1-2-7(1)14-10-8-3-4-11-5-9(8)12-6-13-10/h6-7,11H,1-5H2,(H,12,13,14). The zero-order valence-electron chi connectivity index (χ0n) is 8.08. The van der Waals surface area contributed by atoms with Crippen LogP contribution >= 0.6 is 0 Å². The van der Waals surface area contributed by atoms with Crippen LogP contribution in [0.1, 0.15) is 24.1 Å². The fourth-order valence-electron chi connectivity index (χ4n) is 1.83. The summed E-state index contributed by atoms with van der Waals surface area (Å²) in [6.07, 6.45) is 5.29. The van der Waals surface area contributed by atoms with E-state index in [1.165, 1.54) is 18.4 Å². The van der Waals surface area contributed by atoms with Gasteiger partial charge in [-0.1, -0.05) is 0 Å². The van der Waals surface area contributed by atoms with Gasteiger partial charge in [-0.15, -0.1) is 0 Å². The van der Waals surface area contributed by atoms with Crippen molar-refractivity contribution in [1.29, 1.82) is 0 Å². The first-order valence-electron chi connectivity index (χ1n) is 5.23. The second kappa shape index (κ2) is 3.20. The van der Waals surface area contributed by atoms with Gasteiger partial charge in [-0.25, -0.2) is 9.97 Å². The molecule has 1 aromatic heterocycles. The quantitative estimate of drug-likeness (QED) is 0.720. The van der Waals surface area contributed by atoms with Crippen LogP contribution in [0.3, 0.4) is 0 Å². The van der Waals surface area contributed by atoms with Crippen molar-refractivity contribution in [2.45, 2.75) is 31.8 Å². The molecule has 4 heteroatoms. The van der Waals surface area contributed by atoms with E-state index >= 15 is 0 Å². The Bertz CT molecular complexity index is 346. The summed E-state index contributed by atoms with van der Waals surface area (Å²) in [5.41, 5.74) is 2.48. The van der Waals surface area contributed by atoms with Crippen LogP contribution in [0, 0.1) is 0 Å². The van der Waals surface area contributed by atoms with Gasteiger partial charge >= 0.3 is 0 Å². The Labute approximate surface area is 83.1 Å². The lowest BCUT2D eigenvalue weighted by atomic mass is 10.1. The minimum Gasteiger partial charge on any atom is -0.367 e. The smallest absolute Gasteiger partial charge is 0.133 e. The average molecular weight is 190 g/mol. The highest BCUT2D eigenvalue weighted by Gasteiger charge is 2.24. The largest absolute Gasteiger partial charge is 0.367 e. The molecular formula is C10H14N4. The maximum atomic E-state index is 4.32. The summed E-state index contributed by atoms with van der Waals surface area (Å²) in [6.45, 7) is 1.93. The Kier molecular flexibility index (Phi) is 1.87. The predicted molar refractivity (Wildman–Crippen MR) is 54.1 cm³/mol. The molecule has 4 nitrogen and oxygen atoms in total. The van der Waals surface area contributed by atoms with E-state index in [0.29, 0.717) is 6.04 Å². The number of aromatic nitrogens is 2. The van der Waals surface area contributed by atoms with Crippen molar-refractivity contribution in [3.8, 4) is 0 Å². The minimum atomic E-state index is 0.670. The van der Waals surface area contributed by atoms with Crippen LogP contribution in [0.5, 0.6) is 0 Å². The van der Waals surface area contributed by atoms with Gasteiger partial charge in [-0.05, 0) is 25.8 Å². The summed E-state index contributed by atoms with van der Waals surface area (Å²) in [4.78, 5) is 8.62. The summed E-state index contributed by atoms with van der Waals surface area (Å²) >= 11 is 0. The maximum absolute atomic E-state index is 4.32. The first-order chi connectivity index (χ1) is 6.93. The third-order valence-electron chi connectivity index (χ3n) is 2.80. The van der Waals surface area contributed by atoms with Gasteiger partial charge < -0.3 is 10.6 Å². The lowest BCUT2D eigenvalue weighted by Crippen LogP contribution is -2.26. The van der Waals surface area contributed by atoms with Crippen molar-refractivity contribution in [3.05, 3.63) is 17.6 Å². The molecule has 0 atom stereocenters. The Morgan fingerprint density at radius 1 is 1.36 bits per heavy atom. The summed E-state index contributed by atoms with van der Waals surface area (Å²) < 4.78 is 0. The molecule has 0 unspecified atom stereocenters. The van der Waals surface area contributed by atoms with E-state index in [1.807, 2.05) is 0 Å². The zero-order chi connectivity index (χ0) is 9.38. The van der Waals surface area contributed by atoms with Crippen LogP contribution < -0.4 is 10.6 Å². The number of rotatable bonds is 2. The monoisotopic (exact) mass is 190 g/mol. The van der Waals surface area contributed by atoms with E-state index in [1.54, 1.807) is 6.33 Å². The van der Waals surface area contributed by atoms with E-state index in [2.05, 4.69) is 20.6 Å². The minimum absolute atomic E-state index is 0.670. The summed E-state index contributed by atoms with van der Waals surface area (Å²) in [5.74, 6) is 1.07. The number of nitrogens with one attached hydrogen (secondary N) is 2. The lowest BCUT2D eigenvalue weighted by Gasteiger charge is -2.18. The van der Waals surface area contributed by atoms with E-state index in [0.717, 1.165) is 31.0 Å². The molecular weight excluding hydrogens is 176 g/mol. The molecule has 2 heterocycles. The molecule has 1 aliphatic heterocycles. The Morgan fingerprint density at radius 3 is 3.14 bits per heavy atom. The Balaban J connectivity index is 1.92. The van der Waals surface area contributed by atoms with Gasteiger partial charge in [0.05, 0.1) is 5.69 Å². The number of hydrogen-bond acceptors (Lipinski definition) is 4. The molecule has 1 aromatic rings. The fourth-order valence-corrected chi connectivity index (χ4v) is 1.83. The van der Waals surface area contributed by atoms with E-state index < -0.39 is 0 Å². The second-order valence-electron chi connectivity index (χ2n) is 3.99. The SMILES string of the molecule is c1nc2c(c(NC3CC3)n1)CCNC2. The van der Waals surface area contributed by atoms with Crippen molar-refractivity contribution in [2.24, 2.45) is 0 Å². The van der Waals surface area contributed by atoms with Gasteiger partial charge in [0.2, 0.25) is 0 Å². The van der Waals surface area contributed by atoms with Crippen LogP contribution in [0.4, 0.5) is 5.82 Å². The summed E-state index contributed by atoms with van der Waals surface area (Å²) in [6, 6.07) is 0.670. The van der Waals surface area contributed by atoms with Crippen LogP contribution in [-0.2, 0) is 13.0 Å². The van der Waals surface area contributed by atoms with Crippen molar-refractivity contribution < 1.29 is 0 Å². The number of fused-ring (bicyclic) bond motifs is 1. The zero-order valence-corrected chi connectivity index (χ0v) is 8.08. The fraction of sp³-hybridized carbons (Fsp3) is 0.600. The molecule has 0 spiro atoms. The van der Waals surface area contributed by atoms with Crippen LogP contribution in [0.2, 0.25) is 0 Å². The third-order valence-corrected chi connectivity index (χ3v) is 2.80. The molecule has 14 heavy (non-hydrogen) atoms.